The predicted molar refractivity (Wildman–Crippen MR) is 86.5 cm³/mol. The molecule has 4 nitrogen and oxygen atoms in total. The van der Waals surface area contributed by atoms with Gasteiger partial charge in [-0.15, -0.1) is 0 Å². The molecule has 2 aromatic rings. The zero-order valence-electron chi connectivity index (χ0n) is 12.3. The van der Waals surface area contributed by atoms with Gasteiger partial charge < -0.3 is 4.74 Å². The summed E-state index contributed by atoms with van der Waals surface area (Å²) in [6.07, 6.45) is 1.14. The zero-order chi connectivity index (χ0) is 15.8. The molecule has 0 spiro atoms. The summed E-state index contributed by atoms with van der Waals surface area (Å²) in [5, 5.41) is 0. The van der Waals surface area contributed by atoms with Gasteiger partial charge in [-0.25, -0.2) is 12.7 Å². The fourth-order valence-corrected chi connectivity index (χ4v) is 2.36. The van der Waals surface area contributed by atoms with Gasteiger partial charge >= 0.3 is 0 Å². The van der Waals surface area contributed by atoms with E-state index in [4.69, 9.17) is 4.74 Å². The van der Waals surface area contributed by atoms with E-state index in [1.807, 2.05) is 60.7 Å². The van der Waals surface area contributed by atoms with Crippen LogP contribution in [-0.4, -0.2) is 25.6 Å². The van der Waals surface area contributed by atoms with Crippen LogP contribution >= 0.6 is 0 Å². The van der Waals surface area contributed by atoms with Crippen LogP contribution in [0.3, 0.4) is 0 Å². The highest BCUT2D eigenvalue weighted by Gasteiger charge is 2.12. The molecule has 0 amide bonds. The van der Waals surface area contributed by atoms with Crippen LogP contribution < -0.4 is 4.74 Å². The van der Waals surface area contributed by atoms with Crippen LogP contribution in [0.2, 0.25) is 0 Å². The first kappa shape index (κ1) is 15.9. The lowest BCUT2D eigenvalue weighted by atomic mass is 10.2. The van der Waals surface area contributed by atoms with Gasteiger partial charge in [0.15, 0.2) is 6.61 Å². The molecule has 0 aliphatic rings. The van der Waals surface area contributed by atoms with Crippen LogP contribution in [-0.2, 0) is 16.6 Å². The molecule has 5 heteroatoms. The van der Waals surface area contributed by atoms with Gasteiger partial charge in [-0.2, -0.15) is 0 Å². The number of hydrogen-bond acceptors (Lipinski definition) is 3. The summed E-state index contributed by atoms with van der Waals surface area (Å²) in [4.78, 5) is 0. The Morgan fingerprint density at radius 1 is 1.00 bits per heavy atom. The van der Waals surface area contributed by atoms with Crippen LogP contribution in [0.5, 0.6) is 5.75 Å². The maximum Gasteiger partial charge on any atom is 0.239 e. The standard InChI is InChI=1S/C17H17NO3S/c1-22(19,20)18(15-16-9-4-2-5-10-16)13-8-14-21-17-11-6-3-7-12-17/h2-7,9-12H,14-15H2,1H3. The minimum atomic E-state index is -3.40. The van der Waals surface area contributed by atoms with Gasteiger partial charge in [-0.3, -0.25) is 0 Å². The van der Waals surface area contributed by atoms with Gasteiger partial charge in [0, 0.05) is 6.04 Å². The van der Waals surface area contributed by atoms with Crippen LogP contribution in [0, 0.1) is 12.0 Å². The lowest BCUT2D eigenvalue weighted by molar-refractivity contribution is 0.369. The molecular formula is C17H17NO3S. The van der Waals surface area contributed by atoms with E-state index in [0.29, 0.717) is 5.75 Å². The highest BCUT2D eigenvalue weighted by atomic mass is 32.2. The average Bonchev–Trinajstić information content (AvgIpc) is 2.51. The molecule has 0 aromatic heterocycles. The minimum Gasteiger partial charge on any atom is -0.481 e. The van der Waals surface area contributed by atoms with Crippen molar-refractivity contribution in [2.75, 3.05) is 12.9 Å². The Bertz CT molecular complexity index is 747. The smallest absolute Gasteiger partial charge is 0.239 e. The van der Waals surface area contributed by atoms with E-state index < -0.39 is 10.0 Å². The third-order valence-corrected chi connectivity index (χ3v) is 3.85. The maximum absolute atomic E-state index is 11.8. The molecule has 0 saturated carbocycles. The third-order valence-electron chi connectivity index (χ3n) is 2.83. The van der Waals surface area contributed by atoms with Crippen molar-refractivity contribution in [1.29, 1.82) is 0 Å². The van der Waals surface area contributed by atoms with Gasteiger partial charge in [0.2, 0.25) is 10.0 Å². The van der Waals surface area contributed by atoms with Crippen LogP contribution in [0.4, 0.5) is 0 Å². The number of benzene rings is 2. The molecule has 0 aliphatic carbocycles. The molecule has 0 radical (unpaired) electrons. The predicted octanol–water partition coefficient (Wildman–Crippen LogP) is 2.49. The maximum atomic E-state index is 11.8. The van der Waals surface area contributed by atoms with E-state index in [1.54, 1.807) is 0 Å². The first-order valence-electron chi connectivity index (χ1n) is 6.74. The summed E-state index contributed by atoms with van der Waals surface area (Å²) in [7, 11) is -3.40. The van der Waals surface area contributed by atoms with E-state index in [1.165, 1.54) is 0 Å². The molecule has 0 heterocycles. The Morgan fingerprint density at radius 2 is 1.59 bits per heavy atom. The molecule has 0 N–H and O–H groups in total. The van der Waals surface area contributed by atoms with E-state index in [-0.39, 0.29) is 13.2 Å². The Kier molecular flexibility index (Phi) is 5.45. The molecule has 0 atom stereocenters. The van der Waals surface area contributed by atoms with Gasteiger partial charge in [-0.1, -0.05) is 48.5 Å². The number of rotatable bonds is 5. The lowest BCUT2D eigenvalue weighted by Gasteiger charge is -2.14. The minimum absolute atomic E-state index is 0.130. The molecule has 2 aromatic carbocycles. The van der Waals surface area contributed by atoms with E-state index in [9.17, 15) is 8.42 Å². The molecule has 0 fully saturated rings. The van der Waals surface area contributed by atoms with Crippen LogP contribution in [0.25, 0.3) is 0 Å². The fraction of sp³-hybridized carbons (Fsp3) is 0.176. The average molecular weight is 315 g/mol. The van der Waals surface area contributed by atoms with Crippen molar-refractivity contribution in [3.8, 4) is 17.7 Å². The Labute approximate surface area is 131 Å². The second kappa shape index (κ2) is 7.53. The van der Waals surface area contributed by atoms with Crippen molar-refractivity contribution in [3.63, 3.8) is 0 Å². The Hall–Kier alpha value is -2.45. The zero-order valence-corrected chi connectivity index (χ0v) is 13.1. The van der Waals surface area contributed by atoms with Crippen molar-refractivity contribution in [3.05, 3.63) is 66.2 Å². The molecule has 0 bridgehead atoms. The van der Waals surface area contributed by atoms with Crippen molar-refractivity contribution in [1.82, 2.24) is 4.31 Å². The van der Waals surface area contributed by atoms with Crippen LogP contribution in [0.15, 0.2) is 60.7 Å². The van der Waals surface area contributed by atoms with E-state index >= 15 is 0 Å². The van der Waals surface area contributed by atoms with Gasteiger partial charge in [0.05, 0.1) is 12.8 Å². The summed E-state index contributed by atoms with van der Waals surface area (Å²) in [5.74, 6) is 3.44. The molecule has 2 rings (SSSR count). The summed E-state index contributed by atoms with van der Waals surface area (Å²) < 4.78 is 30.1. The largest absolute Gasteiger partial charge is 0.481 e. The quantitative estimate of drug-likeness (QED) is 0.629. The topological polar surface area (TPSA) is 46.6 Å². The van der Waals surface area contributed by atoms with Gasteiger partial charge in [0.25, 0.3) is 0 Å². The molecular weight excluding hydrogens is 298 g/mol. The normalized spacial score (nSPS) is 10.4. The van der Waals surface area contributed by atoms with Crippen molar-refractivity contribution < 1.29 is 13.2 Å². The molecule has 114 valence electrons. The Morgan fingerprint density at radius 3 is 2.18 bits per heavy atom. The highest BCUT2D eigenvalue weighted by molar-refractivity contribution is 7.88. The first-order valence-corrected chi connectivity index (χ1v) is 8.58. The van der Waals surface area contributed by atoms with E-state index in [0.717, 1.165) is 16.1 Å². The number of para-hydroxylation sites is 1. The SMILES string of the molecule is CS(=O)(=O)N(C#CCOc1ccccc1)Cc1ccccc1. The summed E-state index contributed by atoms with van der Waals surface area (Å²) in [6.45, 7) is 0.350. The molecule has 0 aliphatic heterocycles. The lowest BCUT2D eigenvalue weighted by Crippen LogP contribution is -2.24. The van der Waals surface area contributed by atoms with Crippen LogP contribution in [0.1, 0.15) is 5.56 Å². The second-order valence-corrected chi connectivity index (χ2v) is 6.55. The first-order chi connectivity index (χ1) is 10.6. The molecule has 22 heavy (non-hydrogen) atoms. The van der Waals surface area contributed by atoms with Gasteiger partial charge in [0.1, 0.15) is 5.75 Å². The number of ether oxygens (including phenoxy) is 1. The van der Waals surface area contributed by atoms with Crippen molar-refractivity contribution in [2.45, 2.75) is 6.54 Å². The van der Waals surface area contributed by atoms with Gasteiger partial charge in [-0.05, 0) is 23.6 Å². The number of nitrogens with zero attached hydrogens (tertiary/aromatic N) is 1. The highest BCUT2D eigenvalue weighted by Crippen LogP contribution is 2.08. The molecule has 0 unspecified atom stereocenters. The summed E-state index contributed by atoms with van der Waals surface area (Å²) in [6, 6.07) is 21.2. The summed E-state index contributed by atoms with van der Waals surface area (Å²) in [5.41, 5.74) is 0.881. The second-order valence-electron chi connectivity index (χ2n) is 4.65. The van der Waals surface area contributed by atoms with Crippen molar-refractivity contribution >= 4 is 10.0 Å². The van der Waals surface area contributed by atoms with E-state index in [2.05, 4.69) is 12.0 Å². The number of hydrogen-bond donors (Lipinski definition) is 0. The third kappa shape index (κ3) is 5.15. The fourth-order valence-electron chi connectivity index (χ4n) is 1.75. The Balaban J connectivity index is 2.01. The van der Waals surface area contributed by atoms with Crippen molar-refractivity contribution in [2.24, 2.45) is 0 Å². The monoisotopic (exact) mass is 315 g/mol. The molecule has 0 saturated heterocycles. The number of sulfonamides is 1. The summed E-state index contributed by atoms with van der Waals surface area (Å²) >= 11 is 0.